The molecule has 2 aromatic heterocycles. The Morgan fingerprint density at radius 3 is 2.72 bits per heavy atom. The van der Waals surface area contributed by atoms with E-state index in [1.54, 1.807) is 19.2 Å². The van der Waals surface area contributed by atoms with Gasteiger partial charge in [-0.15, -0.1) is 0 Å². The fourth-order valence-corrected chi connectivity index (χ4v) is 2.63. The standard InChI is InChI=1S/C17H16F2N4O2/c1-10-14(17(25)23-15(22-10)3-5-21-23)9-16(24)20-4-2-11-6-12(18)8-13(19)7-11/h3,5-8,21H,2,4,9H2,1H3,(H,20,24). The summed E-state index contributed by atoms with van der Waals surface area (Å²) in [6.07, 6.45) is 1.76. The highest BCUT2D eigenvalue weighted by molar-refractivity contribution is 5.78. The first kappa shape index (κ1) is 16.8. The van der Waals surface area contributed by atoms with Crippen LogP contribution >= 0.6 is 0 Å². The summed E-state index contributed by atoms with van der Waals surface area (Å²) in [6, 6.07) is 4.89. The molecule has 0 aliphatic heterocycles. The van der Waals surface area contributed by atoms with Crippen molar-refractivity contribution >= 4 is 11.6 Å². The van der Waals surface area contributed by atoms with Crippen molar-refractivity contribution in [2.75, 3.05) is 6.54 Å². The zero-order valence-electron chi connectivity index (χ0n) is 13.5. The summed E-state index contributed by atoms with van der Waals surface area (Å²) in [5, 5.41) is 5.39. The number of fused-ring (bicyclic) bond motifs is 1. The van der Waals surface area contributed by atoms with Crippen molar-refractivity contribution < 1.29 is 13.6 Å². The number of H-pyrrole nitrogens is 1. The maximum Gasteiger partial charge on any atom is 0.276 e. The molecule has 0 radical (unpaired) electrons. The fourth-order valence-electron chi connectivity index (χ4n) is 2.63. The lowest BCUT2D eigenvalue weighted by Gasteiger charge is -2.07. The Balaban J connectivity index is 1.64. The summed E-state index contributed by atoms with van der Waals surface area (Å²) in [7, 11) is 0. The SMILES string of the molecule is Cc1nc2cc[nH]n2c(=O)c1CC(=O)NCCc1cc(F)cc(F)c1. The molecule has 3 aromatic rings. The molecule has 0 unspecified atom stereocenters. The molecule has 0 aliphatic carbocycles. The molecular weight excluding hydrogens is 330 g/mol. The van der Waals surface area contributed by atoms with E-state index in [0.717, 1.165) is 6.07 Å². The van der Waals surface area contributed by atoms with Crippen molar-refractivity contribution in [1.29, 1.82) is 0 Å². The Bertz CT molecular complexity index is 974. The third-order valence-corrected chi connectivity index (χ3v) is 3.84. The molecule has 2 N–H and O–H groups in total. The van der Waals surface area contributed by atoms with E-state index >= 15 is 0 Å². The largest absolute Gasteiger partial charge is 0.355 e. The van der Waals surface area contributed by atoms with E-state index in [-0.39, 0.29) is 30.9 Å². The Kier molecular flexibility index (Phi) is 4.60. The highest BCUT2D eigenvalue weighted by atomic mass is 19.1. The zero-order valence-corrected chi connectivity index (χ0v) is 13.5. The van der Waals surface area contributed by atoms with Crippen molar-refractivity contribution in [3.8, 4) is 0 Å². The summed E-state index contributed by atoms with van der Waals surface area (Å²) in [5.41, 5.74) is 1.40. The number of amides is 1. The molecule has 130 valence electrons. The molecule has 0 atom stereocenters. The van der Waals surface area contributed by atoms with E-state index in [0.29, 0.717) is 22.5 Å². The van der Waals surface area contributed by atoms with Gasteiger partial charge in [0.25, 0.3) is 5.56 Å². The van der Waals surface area contributed by atoms with Gasteiger partial charge in [0.1, 0.15) is 11.6 Å². The van der Waals surface area contributed by atoms with Crippen LogP contribution < -0.4 is 10.9 Å². The van der Waals surface area contributed by atoms with Gasteiger partial charge >= 0.3 is 0 Å². The number of rotatable bonds is 5. The van der Waals surface area contributed by atoms with Crippen LogP contribution in [0, 0.1) is 18.6 Å². The van der Waals surface area contributed by atoms with Crippen LogP contribution in [0.3, 0.4) is 0 Å². The van der Waals surface area contributed by atoms with Crippen LogP contribution in [-0.4, -0.2) is 27.0 Å². The molecule has 0 aliphatic rings. The lowest BCUT2D eigenvalue weighted by Crippen LogP contribution is -2.31. The molecule has 0 saturated heterocycles. The molecule has 0 fully saturated rings. The monoisotopic (exact) mass is 346 g/mol. The van der Waals surface area contributed by atoms with Crippen molar-refractivity contribution in [3.63, 3.8) is 0 Å². The number of carbonyl (C=O) groups is 1. The normalized spacial score (nSPS) is 11.0. The van der Waals surface area contributed by atoms with Crippen molar-refractivity contribution in [1.82, 2.24) is 19.9 Å². The molecule has 6 nitrogen and oxygen atoms in total. The number of hydrogen-bond acceptors (Lipinski definition) is 3. The number of aryl methyl sites for hydroxylation is 1. The predicted octanol–water partition coefficient (Wildman–Crippen LogP) is 1.51. The second-order valence-corrected chi connectivity index (χ2v) is 5.69. The lowest BCUT2D eigenvalue weighted by atomic mass is 10.1. The molecule has 1 aromatic carbocycles. The Morgan fingerprint density at radius 2 is 2.00 bits per heavy atom. The molecule has 3 rings (SSSR count). The molecule has 25 heavy (non-hydrogen) atoms. The number of hydrogen-bond donors (Lipinski definition) is 2. The van der Waals surface area contributed by atoms with E-state index in [4.69, 9.17) is 0 Å². The van der Waals surface area contributed by atoms with E-state index in [1.807, 2.05) is 0 Å². The van der Waals surface area contributed by atoms with Crippen LogP contribution in [0.15, 0.2) is 35.3 Å². The molecule has 0 spiro atoms. The number of nitrogens with zero attached hydrogens (tertiary/aromatic N) is 2. The van der Waals surface area contributed by atoms with E-state index in [9.17, 15) is 18.4 Å². The topological polar surface area (TPSA) is 79.3 Å². The Labute approximate surface area is 141 Å². The summed E-state index contributed by atoms with van der Waals surface area (Å²) in [5.74, 6) is -1.67. The lowest BCUT2D eigenvalue weighted by molar-refractivity contribution is -0.120. The van der Waals surface area contributed by atoms with Gasteiger partial charge in [-0.2, -0.15) is 0 Å². The van der Waals surface area contributed by atoms with Gasteiger partial charge in [-0.25, -0.2) is 18.3 Å². The fraction of sp³-hybridized carbons (Fsp3) is 0.235. The molecule has 0 bridgehead atoms. The number of benzene rings is 1. The van der Waals surface area contributed by atoms with Crippen molar-refractivity contribution in [2.24, 2.45) is 0 Å². The smallest absolute Gasteiger partial charge is 0.276 e. The van der Waals surface area contributed by atoms with Crippen LogP contribution in [0.4, 0.5) is 8.78 Å². The maximum absolute atomic E-state index is 13.1. The summed E-state index contributed by atoms with van der Waals surface area (Å²) in [4.78, 5) is 28.7. The van der Waals surface area contributed by atoms with Gasteiger partial charge < -0.3 is 5.32 Å². The number of nitrogens with one attached hydrogen (secondary N) is 2. The van der Waals surface area contributed by atoms with Crippen LogP contribution in [0.1, 0.15) is 16.8 Å². The predicted molar refractivity (Wildman–Crippen MR) is 87.3 cm³/mol. The molecular formula is C17H16F2N4O2. The number of aromatic nitrogens is 3. The minimum Gasteiger partial charge on any atom is -0.355 e. The van der Waals surface area contributed by atoms with E-state index in [1.165, 1.54) is 16.6 Å². The molecule has 1 amide bonds. The molecule has 2 heterocycles. The number of carbonyl (C=O) groups excluding carboxylic acids is 1. The van der Waals surface area contributed by atoms with Crippen LogP contribution in [0.5, 0.6) is 0 Å². The minimum absolute atomic E-state index is 0.114. The zero-order chi connectivity index (χ0) is 18.0. The number of aromatic amines is 1. The minimum atomic E-state index is -0.657. The van der Waals surface area contributed by atoms with Gasteiger partial charge in [0.2, 0.25) is 5.91 Å². The van der Waals surface area contributed by atoms with Gasteiger partial charge in [0.05, 0.1) is 6.42 Å². The van der Waals surface area contributed by atoms with E-state index < -0.39 is 11.6 Å². The highest BCUT2D eigenvalue weighted by Crippen LogP contribution is 2.08. The number of halogens is 2. The van der Waals surface area contributed by atoms with Crippen molar-refractivity contribution in [3.05, 3.63) is 69.3 Å². The van der Waals surface area contributed by atoms with Crippen LogP contribution in [0.2, 0.25) is 0 Å². The second-order valence-electron chi connectivity index (χ2n) is 5.69. The average Bonchev–Trinajstić information content (AvgIpc) is 2.99. The van der Waals surface area contributed by atoms with Gasteiger partial charge in [-0.3, -0.25) is 14.7 Å². The van der Waals surface area contributed by atoms with Gasteiger partial charge in [-0.05, 0) is 31.0 Å². The summed E-state index contributed by atoms with van der Waals surface area (Å²) >= 11 is 0. The van der Waals surface area contributed by atoms with E-state index in [2.05, 4.69) is 15.4 Å². The molecule has 0 saturated carbocycles. The third-order valence-electron chi connectivity index (χ3n) is 3.84. The van der Waals surface area contributed by atoms with Crippen molar-refractivity contribution in [2.45, 2.75) is 19.8 Å². The highest BCUT2D eigenvalue weighted by Gasteiger charge is 2.14. The first-order valence-electron chi connectivity index (χ1n) is 7.71. The Hall–Kier alpha value is -3.03. The Morgan fingerprint density at radius 1 is 1.28 bits per heavy atom. The van der Waals surface area contributed by atoms with Gasteiger partial charge in [0.15, 0.2) is 5.65 Å². The quantitative estimate of drug-likeness (QED) is 0.735. The van der Waals surface area contributed by atoms with Gasteiger partial charge in [0, 0.05) is 36.1 Å². The van der Waals surface area contributed by atoms with Crippen LogP contribution in [-0.2, 0) is 17.6 Å². The second kappa shape index (κ2) is 6.84. The summed E-state index contributed by atoms with van der Waals surface area (Å²) in [6.45, 7) is 1.88. The van der Waals surface area contributed by atoms with Gasteiger partial charge in [-0.1, -0.05) is 0 Å². The first-order chi connectivity index (χ1) is 11.9. The summed E-state index contributed by atoms with van der Waals surface area (Å²) < 4.78 is 27.5. The third kappa shape index (κ3) is 3.73. The molecule has 8 heteroatoms. The maximum atomic E-state index is 13.1. The first-order valence-corrected chi connectivity index (χ1v) is 7.71. The average molecular weight is 346 g/mol. The van der Waals surface area contributed by atoms with Crippen LogP contribution in [0.25, 0.3) is 5.65 Å².